The zero-order chi connectivity index (χ0) is 24.9. The van der Waals surface area contributed by atoms with Crippen molar-refractivity contribution in [3.05, 3.63) is 47.0 Å². The molecule has 1 saturated carbocycles. The van der Waals surface area contributed by atoms with E-state index in [0.717, 1.165) is 5.56 Å². The van der Waals surface area contributed by atoms with Gasteiger partial charge >= 0.3 is 18.4 Å². The molecule has 2 aromatic rings. The fourth-order valence-electron chi connectivity index (χ4n) is 4.64. The lowest BCUT2D eigenvalue weighted by Crippen LogP contribution is -2.38. The zero-order valence-corrected chi connectivity index (χ0v) is 19.3. The summed E-state index contributed by atoms with van der Waals surface area (Å²) in [7, 11) is 0. The average Bonchev–Trinajstić information content (AvgIpc) is 3.53. The monoisotopic (exact) mass is 477 g/mol. The number of anilines is 1. The molecule has 34 heavy (non-hydrogen) atoms. The fraction of sp³-hybridized carbons (Fsp3) is 0.440. The average molecular weight is 477 g/mol. The first-order valence-corrected chi connectivity index (χ1v) is 11.2. The summed E-state index contributed by atoms with van der Waals surface area (Å²) >= 11 is 0. The maximum absolute atomic E-state index is 13.2. The fourth-order valence-corrected chi connectivity index (χ4v) is 4.64. The van der Waals surface area contributed by atoms with E-state index < -0.39 is 30.4 Å². The lowest BCUT2D eigenvalue weighted by molar-refractivity contribution is -0.274. The highest BCUT2D eigenvalue weighted by Crippen LogP contribution is 2.50. The van der Waals surface area contributed by atoms with Gasteiger partial charge in [0.15, 0.2) is 0 Å². The normalized spacial score (nSPS) is 21.8. The Morgan fingerprint density at radius 3 is 2.50 bits per heavy atom. The second-order valence-electron chi connectivity index (χ2n) is 9.11. The number of nitrogens with zero attached hydrogens (tertiary/aromatic N) is 1. The van der Waals surface area contributed by atoms with Crippen molar-refractivity contribution in [1.82, 2.24) is 0 Å². The first kappa shape index (κ1) is 23.9. The number of halogens is 3. The molecule has 0 bridgehead atoms. The summed E-state index contributed by atoms with van der Waals surface area (Å²) < 4.78 is 49.5. The van der Waals surface area contributed by atoms with E-state index in [4.69, 9.17) is 4.74 Å². The molecule has 0 spiro atoms. The quantitative estimate of drug-likeness (QED) is 0.519. The number of carbonyl (C=O) groups excluding carboxylic acids is 1. The Balaban J connectivity index is 1.88. The van der Waals surface area contributed by atoms with Gasteiger partial charge in [-0.25, -0.2) is 4.79 Å². The van der Waals surface area contributed by atoms with Crippen LogP contribution in [0.4, 0.5) is 23.7 Å². The number of aliphatic carboxylic acids is 1. The third kappa shape index (κ3) is 4.43. The van der Waals surface area contributed by atoms with Gasteiger partial charge in [0.25, 0.3) is 0 Å². The molecule has 4 rings (SSSR count). The van der Waals surface area contributed by atoms with Gasteiger partial charge in [-0.05, 0) is 73.1 Å². The Kier molecular flexibility index (Phi) is 5.99. The number of ether oxygens (including phenoxy) is 2. The van der Waals surface area contributed by atoms with Crippen molar-refractivity contribution in [1.29, 1.82) is 0 Å². The number of carbonyl (C=O) groups is 2. The predicted molar refractivity (Wildman–Crippen MR) is 119 cm³/mol. The number of hydrogen-bond donors (Lipinski definition) is 1. The van der Waals surface area contributed by atoms with Crippen LogP contribution in [0.1, 0.15) is 55.9 Å². The lowest BCUT2D eigenvalue weighted by Gasteiger charge is -2.36. The number of rotatable bonds is 6. The molecule has 6 nitrogen and oxygen atoms in total. The molecular formula is C25H26F3NO5. The van der Waals surface area contributed by atoms with Crippen LogP contribution < -0.4 is 9.64 Å². The highest BCUT2D eigenvalue weighted by Gasteiger charge is 2.44. The van der Waals surface area contributed by atoms with E-state index in [1.807, 2.05) is 19.9 Å². The smallest absolute Gasteiger partial charge is 0.481 e. The molecule has 0 radical (unpaired) electrons. The summed E-state index contributed by atoms with van der Waals surface area (Å²) in [6, 6.07) is 7.83. The number of amides is 1. The minimum absolute atomic E-state index is 0.00206. The van der Waals surface area contributed by atoms with E-state index in [2.05, 4.69) is 4.74 Å². The van der Waals surface area contributed by atoms with Crippen molar-refractivity contribution < 1.29 is 37.3 Å². The van der Waals surface area contributed by atoms with Gasteiger partial charge in [-0.15, -0.1) is 13.2 Å². The van der Waals surface area contributed by atoms with Gasteiger partial charge in [-0.1, -0.05) is 19.9 Å². The molecule has 2 aliphatic rings. The lowest BCUT2D eigenvalue weighted by atomic mass is 9.89. The van der Waals surface area contributed by atoms with Crippen LogP contribution in [0.3, 0.4) is 0 Å². The third-order valence-electron chi connectivity index (χ3n) is 6.40. The van der Waals surface area contributed by atoms with Crippen molar-refractivity contribution in [2.24, 2.45) is 11.8 Å². The number of aryl methyl sites for hydroxylation is 1. The Morgan fingerprint density at radius 2 is 1.94 bits per heavy atom. The van der Waals surface area contributed by atoms with Crippen molar-refractivity contribution >= 4 is 17.7 Å². The van der Waals surface area contributed by atoms with Crippen molar-refractivity contribution in [2.75, 3.05) is 11.4 Å². The highest BCUT2D eigenvalue weighted by molar-refractivity contribution is 5.93. The van der Waals surface area contributed by atoms with Gasteiger partial charge in [0.1, 0.15) is 11.9 Å². The van der Waals surface area contributed by atoms with Gasteiger partial charge in [0.2, 0.25) is 0 Å². The van der Waals surface area contributed by atoms with Crippen LogP contribution in [-0.4, -0.2) is 30.1 Å². The standard InChI is InChI=1S/C25H26F3NO5/c1-5-29-20-11-15(13(4)8-19(20)22(12(2)3)33-24(29)32)17-9-14(16-10-18(16)23(30)31)6-7-21(17)34-25(26,27)28/h6-9,11-12,16,18,22H,5,10H2,1-4H3,(H,30,31). The summed E-state index contributed by atoms with van der Waals surface area (Å²) in [6.07, 6.45) is -5.45. The number of alkyl halides is 3. The van der Waals surface area contributed by atoms with Gasteiger partial charge in [0, 0.05) is 17.7 Å². The summed E-state index contributed by atoms with van der Waals surface area (Å²) in [5.41, 5.74) is 3.37. The number of fused-ring (bicyclic) bond motifs is 1. The minimum Gasteiger partial charge on any atom is -0.481 e. The maximum atomic E-state index is 13.2. The second-order valence-corrected chi connectivity index (χ2v) is 9.11. The van der Waals surface area contributed by atoms with Crippen LogP contribution in [0, 0.1) is 18.8 Å². The van der Waals surface area contributed by atoms with Crippen LogP contribution in [0.15, 0.2) is 30.3 Å². The molecule has 2 aromatic carbocycles. The van der Waals surface area contributed by atoms with E-state index in [1.54, 1.807) is 26.0 Å². The van der Waals surface area contributed by atoms with Crippen LogP contribution in [0.25, 0.3) is 11.1 Å². The summed E-state index contributed by atoms with van der Waals surface area (Å²) in [5.74, 6) is -2.12. The highest BCUT2D eigenvalue weighted by atomic mass is 19.4. The summed E-state index contributed by atoms with van der Waals surface area (Å²) in [5, 5.41) is 9.28. The molecule has 3 atom stereocenters. The molecule has 1 aliphatic carbocycles. The molecule has 3 unspecified atom stereocenters. The maximum Gasteiger partial charge on any atom is 0.573 e. The van der Waals surface area contributed by atoms with Crippen molar-refractivity contribution in [3.8, 4) is 16.9 Å². The number of carboxylic acids is 1. The summed E-state index contributed by atoms with van der Waals surface area (Å²) in [4.78, 5) is 25.4. The Bertz CT molecular complexity index is 1140. The number of cyclic esters (lactones) is 1. The molecule has 1 heterocycles. The number of carboxylic acid groups (broad SMARTS) is 1. The van der Waals surface area contributed by atoms with E-state index in [-0.39, 0.29) is 23.1 Å². The molecule has 1 aliphatic heterocycles. The molecule has 182 valence electrons. The largest absolute Gasteiger partial charge is 0.573 e. The minimum atomic E-state index is -4.90. The first-order chi connectivity index (χ1) is 15.9. The Labute approximate surface area is 195 Å². The van der Waals surface area contributed by atoms with E-state index >= 15 is 0 Å². The van der Waals surface area contributed by atoms with Gasteiger partial charge in [-0.3, -0.25) is 9.69 Å². The van der Waals surface area contributed by atoms with E-state index in [9.17, 15) is 27.9 Å². The number of benzene rings is 2. The topological polar surface area (TPSA) is 76.1 Å². The molecule has 1 amide bonds. The molecule has 1 fully saturated rings. The molecule has 9 heteroatoms. The Hall–Kier alpha value is -3.23. The predicted octanol–water partition coefficient (Wildman–Crippen LogP) is 6.42. The third-order valence-corrected chi connectivity index (χ3v) is 6.40. The van der Waals surface area contributed by atoms with Gasteiger partial charge in [-0.2, -0.15) is 0 Å². The first-order valence-electron chi connectivity index (χ1n) is 11.2. The van der Waals surface area contributed by atoms with Crippen molar-refractivity contribution in [3.63, 3.8) is 0 Å². The van der Waals surface area contributed by atoms with Crippen LogP contribution in [-0.2, 0) is 9.53 Å². The molecular weight excluding hydrogens is 451 g/mol. The van der Waals surface area contributed by atoms with Gasteiger partial charge in [0.05, 0.1) is 11.6 Å². The van der Waals surface area contributed by atoms with E-state index in [1.165, 1.54) is 17.0 Å². The molecule has 0 saturated heterocycles. The van der Waals surface area contributed by atoms with Crippen molar-refractivity contribution in [2.45, 2.75) is 52.5 Å². The van der Waals surface area contributed by atoms with Crippen LogP contribution in [0.5, 0.6) is 5.75 Å². The second kappa shape index (κ2) is 8.52. The van der Waals surface area contributed by atoms with Crippen LogP contribution in [0.2, 0.25) is 0 Å². The van der Waals surface area contributed by atoms with Gasteiger partial charge < -0.3 is 14.6 Å². The van der Waals surface area contributed by atoms with E-state index in [0.29, 0.717) is 35.3 Å². The Morgan fingerprint density at radius 1 is 1.24 bits per heavy atom. The van der Waals surface area contributed by atoms with Crippen LogP contribution >= 0.6 is 0 Å². The molecule has 0 aromatic heterocycles. The zero-order valence-electron chi connectivity index (χ0n) is 19.3. The summed E-state index contributed by atoms with van der Waals surface area (Å²) in [6.45, 7) is 7.76. The molecule has 1 N–H and O–H groups in total. The number of hydrogen-bond acceptors (Lipinski definition) is 4. The SMILES string of the molecule is CCN1C(=O)OC(C(C)C)c2cc(C)c(-c3cc(C4CC4C(=O)O)ccc3OC(F)(F)F)cc21.